The van der Waals surface area contributed by atoms with Crippen molar-refractivity contribution < 1.29 is 18.3 Å². The van der Waals surface area contributed by atoms with Crippen molar-refractivity contribution in [3.05, 3.63) is 23.8 Å². The van der Waals surface area contributed by atoms with Crippen LogP contribution in [-0.4, -0.2) is 40.0 Å². The number of ether oxygens (including phenoxy) is 1. The molecule has 0 aliphatic rings. The highest BCUT2D eigenvalue weighted by molar-refractivity contribution is 7.89. The largest absolute Gasteiger partial charge is 0.504 e. The minimum Gasteiger partial charge on any atom is -0.504 e. The van der Waals surface area contributed by atoms with Crippen molar-refractivity contribution >= 4 is 10.0 Å². The van der Waals surface area contributed by atoms with Crippen molar-refractivity contribution in [1.29, 1.82) is 0 Å². The van der Waals surface area contributed by atoms with Gasteiger partial charge in [-0.05, 0) is 24.7 Å². The van der Waals surface area contributed by atoms with Crippen molar-refractivity contribution in [2.75, 3.05) is 26.5 Å². The number of hydrogen-bond acceptors (Lipinski definition) is 5. The van der Waals surface area contributed by atoms with Gasteiger partial charge in [-0.15, -0.1) is 0 Å². The fourth-order valence-electron chi connectivity index (χ4n) is 1.39. The number of sulfonamides is 1. The predicted molar refractivity (Wildman–Crippen MR) is 69.2 cm³/mol. The molecule has 0 spiro atoms. The lowest BCUT2D eigenvalue weighted by atomic mass is 10.2. The molecular formula is C11H18N2O4S. The van der Waals surface area contributed by atoms with E-state index in [1.165, 1.54) is 14.2 Å². The fourth-order valence-corrected chi connectivity index (χ4v) is 2.00. The second-order valence-corrected chi connectivity index (χ2v) is 5.75. The van der Waals surface area contributed by atoms with Crippen LogP contribution in [0.2, 0.25) is 0 Å². The number of aromatic hydroxyl groups is 1. The average Bonchev–Trinajstić information content (AvgIpc) is 2.35. The zero-order valence-electron chi connectivity index (χ0n) is 10.4. The quantitative estimate of drug-likeness (QED) is 0.611. The Kier molecular flexibility index (Phi) is 5.39. The first kappa shape index (κ1) is 14.7. The van der Waals surface area contributed by atoms with Crippen LogP contribution in [0.1, 0.15) is 5.56 Å². The summed E-state index contributed by atoms with van der Waals surface area (Å²) < 4.78 is 29.4. The first-order valence-corrected chi connectivity index (χ1v) is 7.11. The van der Waals surface area contributed by atoms with Gasteiger partial charge in [-0.1, -0.05) is 6.07 Å². The molecular weight excluding hydrogens is 256 g/mol. The van der Waals surface area contributed by atoms with Crippen molar-refractivity contribution in [3.63, 3.8) is 0 Å². The Morgan fingerprint density at radius 3 is 2.67 bits per heavy atom. The topological polar surface area (TPSA) is 87.7 Å². The van der Waals surface area contributed by atoms with E-state index in [0.717, 1.165) is 5.56 Å². The smallest absolute Gasteiger partial charge is 0.212 e. The van der Waals surface area contributed by atoms with Gasteiger partial charge in [-0.25, -0.2) is 13.1 Å². The van der Waals surface area contributed by atoms with E-state index in [-0.39, 0.29) is 11.5 Å². The van der Waals surface area contributed by atoms with Crippen molar-refractivity contribution in [1.82, 2.24) is 10.0 Å². The van der Waals surface area contributed by atoms with Gasteiger partial charge in [0.1, 0.15) is 0 Å². The van der Waals surface area contributed by atoms with Gasteiger partial charge in [0, 0.05) is 13.1 Å². The van der Waals surface area contributed by atoms with Gasteiger partial charge >= 0.3 is 0 Å². The van der Waals surface area contributed by atoms with Crippen molar-refractivity contribution in [2.45, 2.75) is 6.54 Å². The maximum atomic E-state index is 11.1. The SMILES string of the molecule is CNS(=O)(=O)CCNCc1ccc(OC)c(O)c1. The number of phenolic OH excluding ortho intramolecular Hbond substituents is 1. The summed E-state index contributed by atoms with van der Waals surface area (Å²) in [6, 6.07) is 5.05. The lowest BCUT2D eigenvalue weighted by molar-refractivity contribution is 0.373. The molecule has 0 amide bonds. The van der Waals surface area contributed by atoms with Gasteiger partial charge in [0.15, 0.2) is 11.5 Å². The summed E-state index contributed by atoms with van der Waals surface area (Å²) in [6.45, 7) is 0.826. The van der Waals surface area contributed by atoms with Crippen LogP contribution >= 0.6 is 0 Å². The molecule has 0 radical (unpaired) electrons. The third kappa shape index (κ3) is 4.52. The number of methoxy groups -OCH3 is 1. The lowest BCUT2D eigenvalue weighted by Crippen LogP contribution is -2.29. The standard InChI is InChI=1S/C11H18N2O4S/c1-12-18(15,16)6-5-13-8-9-3-4-11(17-2)10(14)7-9/h3-4,7,12-14H,5-6,8H2,1-2H3. The molecule has 7 heteroatoms. The van der Waals surface area contributed by atoms with Crippen LogP contribution in [0.15, 0.2) is 18.2 Å². The van der Waals surface area contributed by atoms with E-state index < -0.39 is 10.0 Å². The monoisotopic (exact) mass is 274 g/mol. The first-order valence-electron chi connectivity index (χ1n) is 5.46. The summed E-state index contributed by atoms with van der Waals surface area (Å²) >= 11 is 0. The van der Waals surface area contributed by atoms with E-state index in [2.05, 4.69) is 10.0 Å². The highest BCUT2D eigenvalue weighted by Crippen LogP contribution is 2.25. The third-order valence-electron chi connectivity index (χ3n) is 2.43. The molecule has 0 saturated carbocycles. The molecule has 0 atom stereocenters. The van der Waals surface area contributed by atoms with Crippen LogP contribution in [0, 0.1) is 0 Å². The molecule has 18 heavy (non-hydrogen) atoms. The fraction of sp³-hybridized carbons (Fsp3) is 0.455. The Labute approximate surface area is 107 Å². The Balaban J connectivity index is 2.43. The molecule has 0 aliphatic heterocycles. The maximum Gasteiger partial charge on any atom is 0.212 e. The molecule has 0 heterocycles. The van der Waals surface area contributed by atoms with Gasteiger partial charge in [0.05, 0.1) is 12.9 Å². The van der Waals surface area contributed by atoms with Crippen LogP contribution in [0.25, 0.3) is 0 Å². The van der Waals surface area contributed by atoms with Crippen molar-refractivity contribution in [3.8, 4) is 11.5 Å². The molecule has 3 N–H and O–H groups in total. The van der Waals surface area contributed by atoms with E-state index in [0.29, 0.717) is 18.8 Å². The van der Waals surface area contributed by atoms with Crippen molar-refractivity contribution in [2.24, 2.45) is 0 Å². The molecule has 6 nitrogen and oxygen atoms in total. The second kappa shape index (κ2) is 6.58. The normalized spacial score (nSPS) is 11.4. The van der Waals surface area contributed by atoms with E-state index in [4.69, 9.17) is 4.74 Å². The zero-order valence-corrected chi connectivity index (χ0v) is 11.3. The molecule has 0 unspecified atom stereocenters. The van der Waals surface area contributed by atoms with Crippen LogP contribution in [0.3, 0.4) is 0 Å². The van der Waals surface area contributed by atoms with Crippen LogP contribution < -0.4 is 14.8 Å². The molecule has 1 rings (SSSR count). The Hall–Kier alpha value is -1.31. The summed E-state index contributed by atoms with van der Waals surface area (Å²) in [5.41, 5.74) is 0.857. The molecule has 0 aliphatic carbocycles. The number of nitrogens with one attached hydrogen (secondary N) is 2. The van der Waals surface area contributed by atoms with Gasteiger partial charge in [-0.3, -0.25) is 0 Å². The summed E-state index contributed by atoms with van der Waals surface area (Å²) in [6.07, 6.45) is 0. The molecule has 1 aromatic carbocycles. The Bertz CT molecular complexity index is 488. The minimum absolute atomic E-state index is 0.0195. The highest BCUT2D eigenvalue weighted by Gasteiger charge is 2.06. The Morgan fingerprint density at radius 2 is 2.11 bits per heavy atom. The molecule has 102 valence electrons. The van der Waals surface area contributed by atoms with Gasteiger partial charge in [0.2, 0.25) is 10.0 Å². The highest BCUT2D eigenvalue weighted by atomic mass is 32.2. The molecule has 0 fully saturated rings. The van der Waals surface area contributed by atoms with Crippen LogP contribution in [0.5, 0.6) is 11.5 Å². The number of benzene rings is 1. The van der Waals surface area contributed by atoms with E-state index in [1.807, 2.05) is 0 Å². The number of phenols is 1. The molecule has 0 bridgehead atoms. The minimum atomic E-state index is -3.17. The summed E-state index contributed by atoms with van der Waals surface area (Å²) in [5.74, 6) is 0.502. The predicted octanol–water partition coefficient (Wildman–Crippen LogP) is 0.0396. The summed E-state index contributed by atoms with van der Waals surface area (Å²) in [5, 5.41) is 12.5. The van der Waals surface area contributed by atoms with E-state index in [1.54, 1.807) is 18.2 Å². The Morgan fingerprint density at radius 1 is 1.39 bits per heavy atom. The molecule has 0 saturated heterocycles. The zero-order chi connectivity index (χ0) is 13.6. The number of hydrogen-bond donors (Lipinski definition) is 3. The molecule has 0 aromatic heterocycles. The molecule has 1 aromatic rings. The third-order valence-corrected chi connectivity index (χ3v) is 3.79. The second-order valence-electron chi connectivity index (χ2n) is 3.71. The van der Waals surface area contributed by atoms with E-state index >= 15 is 0 Å². The van der Waals surface area contributed by atoms with Gasteiger partial charge in [0.25, 0.3) is 0 Å². The maximum absolute atomic E-state index is 11.1. The summed E-state index contributed by atoms with van der Waals surface area (Å²) in [7, 11) is -0.307. The average molecular weight is 274 g/mol. The van der Waals surface area contributed by atoms with Gasteiger partial charge in [-0.2, -0.15) is 0 Å². The first-order chi connectivity index (χ1) is 8.48. The lowest BCUT2D eigenvalue weighted by Gasteiger charge is -2.08. The summed E-state index contributed by atoms with van der Waals surface area (Å²) in [4.78, 5) is 0. The number of rotatable bonds is 7. The van der Waals surface area contributed by atoms with E-state index in [9.17, 15) is 13.5 Å². The van der Waals surface area contributed by atoms with Gasteiger partial charge < -0.3 is 15.2 Å². The van der Waals surface area contributed by atoms with Crippen LogP contribution in [0.4, 0.5) is 0 Å². The van der Waals surface area contributed by atoms with Crippen LogP contribution in [-0.2, 0) is 16.6 Å².